The molecule has 2 nitrogen and oxygen atoms in total. The van der Waals surface area contributed by atoms with Crippen molar-refractivity contribution in [3.05, 3.63) is 20.8 Å². The van der Waals surface area contributed by atoms with E-state index < -0.39 is 0 Å². The van der Waals surface area contributed by atoms with Crippen LogP contribution in [-0.4, -0.2) is 23.4 Å². The van der Waals surface area contributed by atoms with Crippen LogP contribution in [0.15, 0.2) is 15.9 Å². The standard InChI is InChI=1S/C12H16BrNOS/c1-8-3-4-9(2)14(7-8)12(15)11-10(13)5-6-16-11/h5-6,8-9H,3-4,7H2,1-2H3. The lowest BCUT2D eigenvalue weighted by atomic mass is 9.95. The highest BCUT2D eigenvalue weighted by molar-refractivity contribution is 9.10. The summed E-state index contributed by atoms with van der Waals surface area (Å²) in [4.78, 5) is 15.2. The van der Waals surface area contributed by atoms with E-state index in [1.54, 1.807) is 0 Å². The monoisotopic (exact) mass is 301 g/mol. The Bertz CT molecular complexity index is 390. The van der Waals surface area contributed by atoms with Gasteiger partial charge in [-0.25, -0.2) is 0 Å². The van der Waals surface area contributed by atoms with Gasteiger partial charge in [0.2, 0.25) is 0 Å². The molecule has 2 atom stereocenters. The molecule has 4 heteroatoms. The fourth-order valence-electron chi connectivity index (χ4n) is 2.15. The van der Waals surface area contributed by atoms with Gasteiger partial charge in [0, 0.05) is 17.1 Å². The molecule has 0 bridgehead atoms. The smallest absolute Gasteiger partial charge is 0.265 e. The largest absolute Gasteiger partial charge is 0.335 e. The third kappa shape index (κ3) is 2.33. The van der Waals surface area contributed by atoms with Gasteiger partial charge >= 0.3 is 0 Å². The van der Waals surface area contributed by atoms with Gasteiger partial charge in [-0.15, -0.1) is 11.3 Å². The molecule has 1 aromatic rings. The van der Waals surface area contributed by atoms with Crippen molar-refractivity contribution in [3.8, 4) is 0 Å². The van der Waals surface area contributed by atoms with Crippen LogP contribution in [0.2, 0.25) is 0 Å². The molecule has 0 radical (unpaired) electrons. The zero-order valence-corrected chi connectivity index (χ0v) is 12.0. The van der Waals surface area contributed by atoms with Crippen LogP contribution in [0.4, 0.5) is 0 Å². The summed E-state index contributed by atoms with van der Waals surface area (Å²) < 4.78 is 0.924. The van der Waals surface area contributed by atoms with Gasteiger partial charge in [-0.3, -0.25) is 4.79 Å². The van der Waals surface area contributed by atoms with Crippen LogP contribution < -0.4 is 0 Å². The normalized spacial score (nSPS) is 25.8. The van der Waals surface area contributed by atoms with Crippen molar-refractivity contribution < 1.29 is 4.79 Å². The molecule has 0 N–H and O–H groups in total. The van der Waals surface area contributed by atoms with Crippen molar-refractivity contribution in [3.63, 3.8) is 0 Å². The first-order valence-electron chi connectivity index (χ1n) is 5.63. The molecule has 0 spiro atoms. The maximum atomic E-state index is 12.3. The summed E-state index contributed by atoms with van der Waals surface area (Å²) in [5.41, 5.74) is 0. The first-order chi connectivity index (χ1) is 7.59. The second kappa shape index (κ2) is 4.88. The zero-order valence-electron chi connectivity index (χ0n) is 9.57. The number of halogens is 1. The van der Waals surface area contributed by atoms with Crippen molar-refractivity contribution in [1.82, 2.24) is 4.90 Å². The first kappa shape index (κ1) is 12.1. The Morgan fingerprint density at radius 2 is 2.25 bits per heavy atom. The molecule has 88 valence electrons. The number of amides is 1. The van der Waals surface area contributed by atoms with Crippen molar-refractivity contribution in [1.29, 1.82) is 0 Å². The summed E-state index contributed by atoms with van der Waals surface area (Å²) >= 11 is 4.95. The predicted molar refractivity (Wildman–Crippen MR) is 70.9 cm³/mol. The van der Waals surface area contributed by atoms with E-state index in [1.165, 1.54) is 17.8 Å². The summed E-state index contributed by atoms with van der Waals surface area (Å²) in [5.74, 6) is 0.805. The molecule has 1 aliphatic heterocycles. The Labute approximate surface area is 109 Å². The fraction of sp³-hybridized carbons (Fsp3) is 0.583. The van der Waals surface area contributed by atoms with Crippen molar-refractivity contribution in [2.75, 3.05) is 6.54 Å². The average molecular weight is 302 g/mol. The predicted octanol–water partition coefficient (Wildman–Crippen LogP) is 3.77. The molecule has 2 rings (SSSR count). The van der Waals surface area contributed by atoms with Crippen molar-refractivity contribution >= 4 is 33.2 Å². The van der Waals surface area contributed by atoms with Crippen molar-refractivity contribution in [2.45, 2.75) is 32.7 Å². The number of piperidine rings is 1. The Hall–Kier alpha value is -0.350. The van der Waals surface area contributed by atoms with Crippen molar-refractivity contribution in [2.24, 2.45) is 5.92 Å². The third-order valence-electron chi connectivity index (χ3n) is 3.19. The fourth-order valence-corrected chi connectivity index (χ4v) is 3.64. The van der Waals surface area contributed by atoms with Gasteiger partial charge in [-0.1, -0.05) is 6.92 Å². The minimum absolute atomic E-state index is 0.181. The zero-order chi connectivity index (χ0) is 11.7. The highest BCUT2D eigenvalue weighted by Gasteiger charge is 2.28. The van der Waals surface area contributed by atoms with Crippen LogP contribution in [0, 0.1) is 5.92 Å². The molecule has 1 fully saturated rings. The number of nitrogens with zero attached hydrogens (tertiary/aromatic N) is 1. The average Bonchev–Trinajstić information content (AvgIpc) is 2.67. The van der Waals surface area contributed by atoms with Gasteiger partial charge in [0.05, 0.1) is 0 Å². The lowest BCUT2D eigenvalue weighted by molar-refractivity contribution is 0.0578. The van der Waals surface area contributed by atoms with Crippen LogP contribution in [0.5, 0.6) is 0 Å². The molecule has 1 saturated heterocycles. The number of carbonyl (C=O) groups excluding carboxylic acids is 1. The summed E-state index contributed by atoms with van der Waals surface area (Å²) in [6.07, 6.45) is 2.35. The molecular weight excluding hydrogens is 286 g/mol. The summed E-state index contributed by atoms with van der Waals surface area (Å²) in [6, 6.07) is 2.31. The summed E-state index contributed by atoms with van der Waals surface area (Å²) in [6.45, 7) is 5.26. The number of hydrogen-bond acceptors (Lipinski definition) is 2. The quantitative estimate of drug-likeness (QED) is 0.773. The van der Waals surface area contributed by atoms with Crippen LogP contribution in [0.1, 0.15) is 36.4 Å². The molecule has 0 aromatic carbocycles. The minimum Gasteiger partial charge on any atom is -0.335 e. The van der Waals surface area contributed by atoms with E-state index in [2.05, 4.69) is 29.8 Å². The first-order valence-corrected chi connectivity index (χ1v) is 7.31. The lowest BCUT2D eigenvalue weighted by Gasteiger charge is -2.36. The van der Waals surface area contributed by atoms with Gasteiger partial charge < -0.3 is 4.90 Å². The molecule has 16 heavy (non-hydrogen) atoms. The molecule has 1 aromatic heterocycles. The highest BCUT2D eigenvalue weighted by Crippen LogP contribution is 2.28. The molecular formula is C12H16BrNOS. The Balaban J connectivity index is 2.18. The maximum absolute atomic E-state index is 12.3. The minimum atomic E-state index is 0.181. The number of carbonyl (C=O) groups is 1. The molecule has 2 heterocycles. The van der Waals surface area contributed by atoms with E-state index in [4.69, 9.17) is 0 Å². The van der Waals surface area contributed by atoms with Crippen LogP contribution in [-0.2, 0) is 0 Å². The Morgan fingerprint density at radius 3 is 2.88 bits per heavy atom. The van der Waals surface area contributed by atoms with Gasteiger partial charge in [0.25, 0.3) is 5.91 Å². The van der Waals surface area contributed by atoms with Gasteiger partial charge in [-0.05, 0) is 53.1 Å². The molecule has 0 saturated carbocycles. The number of rotatable bonds is 1. The summed E-state index contributed by atoms with van der Waals surface area (Å²) in [5, 5.41) is 1.95. The Morgan fingerprint density at radius 1 is 1.50 bits per heavy atom. The van der Waals surface area contributed by atoms with Crippen LogP contribution in [0.3, 0.4) is 0 Å². The highest BCUT2D eigenvalue weighted by atomic mass is 79.9. The number of thiophene rings is 1. The van der Waals surface area contributed by atoms with E-state index in [0.29, 0.717) is 12.0 Å². The maximum Gasteiger partial charge on any atom is 0.265 e. The second-order valence-electron chi connectivity index (χ2n) is 4.59. The molecule has 2 unspecified atom stereocenters. The lowest BCUT2D eigenvalue weighted by Crippen LogP contribution is -2.44. The van der Waals surface area contributed by atoms with Gasteiger partial charge in [0.15, 0.2) is 0 Å². The molecule has 0 aliphatic carbocycles. The topological polar surface area (TPSA) is 20.3 Å². The number of hydrogen-bond donors (Lipinski definition) is 0. The van der Waals surface area contributed by atoms with E-state index in [9.17, 15) is 4.79 Å². The van der Waals surface area contributed by atoms with E-state index in [-0.39, 0.29) is 5.91 Å². The van der Waals surface area contributed by atoms with Gasteiger partial charge in [-0.2, -0.15) is 0 Å². The molecule has 1 aliphatic rings. The van der Waals surface area contributed by atoms with E-state index in [1.807, 2.05) is 16.3 Å². The SMILES string of the molecule is CC1CCC(C)N(C(=O)c2sccc2Br)C1. The second-order valence-corrected chi connectivity index (χ2v) is 6.36. The number of likely N-dealkylation sites (tertiary alicyclic amines) is 1. The third-order valence-corrected chi connectivity index (χ3v) is 5.02. The van der Waals surface area contributed by atoms with Gasteiger partial charge in [0.1, 0.15) is 4.88 Å². The van der Waals surface area contributed by atoms with Crippen LogP contribution in [0.25, 0.3) is 0 Å². The summed E-state index contributed by atoms with van der Waals surface area (Å²) in [7, 11) is 0. The van der Waals surface area contributed by atoms with E-state index >= 15 is 0 Å². The Kier molecular flexibility index (Phi) is 3.70. The molecule has 1 amide bonds. The van der Waals surface area contributed by atoms with E-state index in [0.717, 1.165) is 22.3 Å². The van der Waals surface area contributed by atoms with Crippen LogP contribution >= 0.6 is 27.3 Å².